The topological polar surface area (TPSA) is 44.4 Å². The predicted molar refractivity (Wildman–Crippen MR) is 88.8 cm³/mol. The maximum atomic E-state index is 11.8. The zero-order chi connectivity index (χ0) is 15.1. The van der Waals surface area contributed by atoms with Gasteiger partial charge >= 0.3 is 0 Å². The molecular formula is C17H25N3O. The van der Waals surface area contributed by atoms with Crippen molar-refractivity contribution in [2.75, 3.05) is 29.9 Å². The number of amides is 1. The minimum atomic E-state index is -0.259. The second kappa shape index (κ2) is 7.72. The number of anilines is 2. The highest BCUT2D eigenvalue weighted by atomic mass is 16.2. The first-order valence-corrected chi connectivity index (χ1v) is 7.71. The molecule has 1 aliphatic rings. The average molecular weight is 287 g/mol. The minimum Gasteiger partial charge on any atom is -0.374 e. The van der Waals surface area contributed by atoms with E-state index in [-0.39, 0.29) is 11.9 Å². The number of nitrogens with one attached hydrogen (secondary N) is 2. The molecule has 0 bridgehead atoms. The third-order valence-corrected chi connectivity index (χ3v) is 3.79. The lowest BCUT2D eigenvalue weighted by molar-refractivity contribution is -0.121. The third-order valence-electron chi connectivity index (χ3n) is 3.79. The van der Waals surface area contributed by atoms with Crippen LogP contribution in [0.2, 0.25) is 0 Å². The Kier molecular flexibility index (Phi) is 5.67. The van der Waals surface area contributed by atoms with E-state index < -0.39 is 0 Å². The van der Waals surface area contributed by atoms with Crippen molar-refractivity contribution in [2.24, 2.45) is 0 Å². The highest BCUT2D eigenvalue weighted by molar-refractivity contribution is 5.84. The minimum absolute atomic E-state index is 0.0185. The van der Waals surface area contributed by atoms with Gasteiger partial charge in [0, 0.05) is 31.0 Å². The lowest BCUT2D eigenvalue weighted by Gasteiger charge is -2.29. The summed E-state index contributed by atoms with van der Waals surface area (Å²) < 4.78 is 0. The van der Waals surface area contributed by atoms with E-state index in [1.165, 1.54) is 24.9 Å². The molecule has 1 atom stereocenters. The normalized spacial score (nSPS) is 16.1. The maximum Gasteiger partial charge on any atom is 0.242 e. The Morgan fingerprint density at radius 3 is 2.57 bits per heavy atom. The number of benzene rings is 1. The van der Waals surface area contributed by atoms with E-state index in [1.807, 2.05) is 19.1 Å². The number of hydrogen-bond acceptors (Lipinski definition) is 3. The van der Waals surface area contributed by atoms with Crippen LogP contribution < -0.4 is 15.5 Å². The molecule has 1 aliphatic heterocycles. The molecule has 1 saturated heterocycles. The first-order valence-electron chi connectivity index (χ1n) is 7.71. The molecule has 0 saturated carbocycles. The first kappa shape index (κ1) is 15.4. The summed E-state index contributed by atoms with van der Waals surface area (Å²) in [5.41, 5.74) is 2.24. The molecule has 1 heterocycles. The van der Waals surface area contributed by atoms with Crippen molar-refractivity contribution >= 4 is 17.3 Å². The van der Waals surface area contributed by atoms with Crippen LogP contribution in [0, 0.1) is 0 Å². The molecular weight excluding hydrogens is 262 g/mol. The van der Waals surface area contributed by atoms with Crippen molar-refractivity contribution in [1.82, 2.24) is 5.32 Å². The zero-order valence-corrected chi connectivity index (χ0v) is 12.8. The van der Waals surface area contributed by atoms with Gasteiger partial charge in [0.15, 0.2) is 0 Å². The van der Waals surface area contributed by atoms with Crippen molar-refractivity contribution in [1.29, 1.82) is 0 Å². The van der Waals surface area contributed by atoms with Gasteiger partial charge in [-0.2, -0.15) is 0 Å². The third kappa shape index (κ3) is 4.52. The molecule has 114 valence electrons. The van der Waals surface area contributed by atoms with E-state index >= 15 is 0 Å². The van der Waals surface area contributed by atoms with Crippen molar-refractivity contribution in [3.05, 3.63) is 36.9 Å². The number of carbonyl (C=O) groups excluding carboxylic acids is 1. The van der Waals surface area contributed by atoms with E-state index in [9.17, 15) is 4.79 Å². The van der Waals surface area contributed by atoms with E-state index in [0.717, 1.165) is 18.8 Å². The van der Waals surface area contributed by atoms with Gasteiger partial charge in [-0.05, 0) is 50.5 Å². The van der Waals surface area contributed by atoms with Crippen molar-refractivity contribution in [2.45, 2.75) is 32.2 Å². The average Bonchev–Trinajstić information content (AvgIpc) is 2.54. The van der Waals surface area contributed by atoms with Crippen LogP contribution in [-0.2, 0) is 4.79 Å². The molecule has 0 unspecified atom stereocenters. The number of piperidine rings is 1. The number of rotatable bonds is 6. The Balaban J connectivity index is 1.89. The Morgan fingerprint density at radius 1 is 1.29 bits per heavy atom. The van der Waals surface area contributed by atoms with E-state index in [0.29, 0.717) is 6.54 Å². The van der Waals surface area contributed by atoms with Crippen molar-refractivity contribution in [3.63, 3.8) is 0 Å². The van der Waals surface area contributed by atoms with Gasteiger partial charge in [0.1, 0.15) is 6.04 Å². The molecule has 1 fully saturated rings. The van der Waals surface area contributed by atoms with Crippen LogP contribution >= 0.6 is 0 Å². The summed E-state index contributed by atoms with van der Waals surface area (Å²) in [7, 11) is 0. The Hall–Kier alpha value is -1.97. The van der Waals surface area contributed by atoms with Gasteiger partial charge in [0.2, 0.25) is 5.91 Å². The Labute approximate surface area is 127 Å². The van der Waals surface area contributed by atoms with E-state index in [1.54, 1.807) is 6.08 Å². The van der Waals surface area contributed by atoms with Gasteiger partial charge in [0.05, 0.1) is 0 Å². The van der Waals surface area contributed by atoms with E-state index in [4.69, 9.17) is 0 Å². The summed E-state index contributed by atoms with van der Waals surface area (Å²) in [6, 6.07) is 8.08. The molecule has 4 heteroatoms. The molecule has 1 aromatic carbocycles. The van der Waals surface area contributed by atoms with Gasteiger partial charge in [0.25, 0.3) is 0 Å². The second-order valence-electron chi connectivity index (χ2n) is 5.49. The van der Waals surface area contributed by atoms with Gasteiger partial charge in [-0.3, -0.25) is 4.79 Å². The van der Waals surface area contributed by atoms with Gasteiger partial charge in [-0.25, -0.2) is 0 Å². The highest BCUT2D eigenvalue weighted by Crippen LogP contribution is 2.22. The number of hydrogen-bond donors (Lipinski definition) is 2. The largest absolute Gasteiger partial charge is 0.374 e. The first-order chi connectivity index (χ1) is 10.2. The van der Waals surface area contributed by atoms with Crippen LogP contribution in [0.15, 0.2) is 36.9 Å². The SMILES string of the molecule is C=CCNC(=O)[C@H](C)Nc1ccc(N2CCCCC2)cc1. The van der Waals surface area contributed by atoms with Crippen molar-refractivity contribution < 1.29 is 4.79 Å². The van der Waals surface area contributed by atoms with Crippen LogP contribution in [0.4, 0.5) is 11.4 Å². The molecule has 21 heavy (non-hydrogen) atoms. The molecule has 0 aliphatic carbocycles. The van der Waals surface area contributed by atoms with Crippen LogP contribution in [0.5, 0.6) is 0 Å². The monoisotopic (exact) mass is 287 g/mol. The number of nitrogens with zero attached hydrogens (tertiary/aromatic N) is 1. The smallest absolute Gasteiger partial charge is 0.242 e. The summed E-state index contributed by atoms with van der Waals surface area (Å²) in [6.07, 6.45) is 5.58. The van der Waals surface area contributed by atoms with Gasteiger partial charge in [-0.1, -0.05) is 6.08 Å². The Morgan fingerprint density at radius 2 is 1.95 bits per heavy atom. The standard InChI is InChI=1S/C17H25N3O/c1-3-11-18-17(21)14(2)19-15-7-9-16(10-8-15)20-12-5-4-6-13-20/h3,7-10,14,19H,1,4-6,11-13H2,2H3,(H,18,21)/t14-/m0/s1. The number of carbonyl (C=O) groups is 1. The molecule has 4 nitrogen and oxygen atoms in total. The van der Waals surface area contributed by atoms with Crippen LogP contribution in [0.3, 0.4) is 0 Å². The summed E-state index contributed by atoms with van der Waals surface area (Å²) in [5.74, 6) is -0.0185. The predicted octanol–water partition coefficient (Wildman–Crippen LogP) is 2.78. The summed E-state index contributed by atoms with van der Waals surface area (Å²) >= 11 is 0. The molecule has 2 N–H and O–H groups in total. The molecule has 1 aromatic rings. The molecule has 0 radical (unpaired) electrons. The lowest BCUT2D eigenvalue weighted by atomic mass is 10.1. The quantitative estimate of drug-likeness (QED) is 0.791. The van der Waals surface area contributed by atoms with Crippen LogP contribution in [-0.4, -0.2) is 31.6 Å². The van der Waals surface area contributed by atoms with Crippen LogP contribution in [0.1, 0.15) is 26.2 Å². The molecule has 0 aromatic heterocycles. The van der Waals surface area contributed by atoms with Gasteiger partial charge in [-0.15, -0.1) is 6.58 Å². The zero-order valence-electron chi connectivity index (χ0n) is 12.8. The van der Waals surface area contributed by atoms with Crippen LogP contribution in [0.25, 0.3) is 0 Å². The highest BCUT2D eigenvalue weighted by Gasteiger charge is 2.13. The summed E-state index contributed by atoms with van der Waals surface area (Å²) in [4.78, 5) is 14.2. The fourth-order valence-corrected chi connectivity index (χ4v) is 2.56. The fourth-order valence-electron chi connectivity index (χ4n) is 2.56. The summed E-state index contributed by atoms with van der Waals surface area (Å²) in [5, 5.41) is 6.00. The maximum absolute atomic E-state index is 11.8. The molecule has 1 amide bonds. The van der Waals surface area contributed by atoms with E-state index in [2.05, 4.69) is 34.2 Å². The van der Waals surface area contributed by atoms with Gasteiger partial charge < -0.3 is 15.5 Å². The van der Waals surface area contributed by atoms with Crippen molar-refractivity contribution in [3.8, 4) is 0 Å². The summed E-state index contributed by atoms with van der Waals surface area (Å²) in [6.45, 7) is 8.24. The molecule has 0 spiro atoms. The fraction of sp³-hybridized carbons (Fsp3) is 0.471. The molecule has 2 rings (SSSR count). The Bertz CT molecular complexity index is 463. The lowest BCUT2D eigenvalue weighted by Crippen LogP contribution is -2.37. The second-order valence-corrected chi connectivity index (χ2v) is 5.49.